The number of benzene rings is 8. The molecule has 0 aromatic heterocycles. The van der Waals surface area contributed by atoms with E-state index in [-0.39, 0.29) is 29.9 Å². The Morgan fingerprint density at radius 2 is 0.691 bits per heavy atom. The Labute approximate surface area is 570 Å². The molecule has 97 heavy (non-hydrogen) atoms. The van der Waals surface area contributed by atoms with Gasteiger partial charge in [0.25, 0.3) is 0 Å². The van der Waals surface area contributed by atoms with Crippen LogP contribution in [0.1, 0.15) is 118 Å². The molecular weight excluding hydrogens is 1230 g/mol. The topological polar surface area (TPSA) is 98.5 Å². The second kappa shape index (κ2) is 33.8. The second-order valence-corrected chi connectivity index (χ2v) is 25.8. The molecule has 0 amide bonds. The summed E-state index contributed by atoms with van der Waals surface area (Å²) in [5.74, 6) is -1.11. The Bertz CT molecular complexity index is 3790. The van der Waals surface area contributed by atoms with Crippen LogP contribution in [0.15, 0.2) is 170 Å². The third-order valence-electron chi connectivity index (χ3n) is 18.0. The van der Waals surface area contributed by atoms with E-state index in [0.29, 0.717) is 65.7 Å². The van der Waals surface area contributed by atoms with Crippen LogP contribution in [-0.4, -0.2) is 112 Å². The molecule has 4 atom stereocenters. The molecule has 17 heteroatoms. The van der Waals surface area contributed by atoms with Gasteiger partial charge in [-0.15, -0.1) is 0 Å². The highest BCUT2D eigenvalue weighted by molar-refractivity contribution is 5.58. The second-order valence-electron chi connectivity index (χ2n) is 25.8. The van der Waals surface area contributed by atoms with Crippen LogP contribution in [-0.2, 0) is 63.0 Å². The predicted octanol–water partition coefficient (Wildman–Crippen LogP) is 16.9. The summed E-state index contributed by atoms with van der Waals surface area (Å²) in [4.78, 5) is 22.4. The number of halogens is 4. The van der Waals surface area contributed by atoms with Crippen molar-refractivity contribution in [3.63, 3.8) is 0 Å². The van der Waals surface area contributed by atoms with Crippen molar-refractivity contribution >= 4 is 22.7 Å². The number of ether oxygens (including phenoxy) is 3. The summed E-state index contributed by atoms with van der Waals surface area (Å²) in [6.07, 6.45) is 6.50. The summed E-state index contributed by atoms with van der Waals surface area (Å²) in [7, 11) is 16.2. The van der Waals surface area contributed by atoms with Crippen molar-refractivity contribution in [2.24, 2.45) is 0 Å². The maximum atomic E-state index is 13.4. The van der Waals surface area contributed by atoms with Gasteiger partial charge in [0.1, 0.15) is 45.7 Å². The standard InChI is InChI=1S/C20H23FN2O2.3C20H21FN2O/c1-22-18-9-10-19(15(13-18)14-24)20(25,11-4-12-23(2)3)16-5-7-17(21)8-6-16;3*1-22-18-9-10-19-15(13-18)14-24-20(19,11-4-12-23(2)3)16-5-7-17(21)8-6-16/h5-10,13,24-25H,4,11-12,14H2,2-3H3;3*5-10,13H,4,11-12,14H2,2-3H3/t4*20-/m1110/s1. The van der Waals surface area contributed by atoms with Crippen molar-refractivity contribution in [2.75, 3.05) is 82.6 Å². The number of aliphatic hydroxyl groups is 2. The van der Waals surface area contributed by atoms with Crippen molar-refractivity contribution in [1.82, 2.24) is 19.6 Å². The predicted molar refractivity (Wildman–Crippen MR) is 373 cm³/mol. The molecule has 0 aliphatic carbocycles. The van der Waals surface area contributed by atoms with Gasteiger partial charge in [0.15, 0.2) is 22.7 Å². The molecule has 0 spiro atoms. The van der Waals surface area contributed by atoms with E-state index in [2.05, 4.69) is 76.4 Å². The zero-order valence-corrected chi connectivity index (χ0v) is 56.7. The van der Waals surface area contributed by atoms with Crippen LogP contribution in [0, 0.1) is 49.6 Å². The lowest BCUT2D eigenvalue weighted by molar-refractivity contribution is -0.0141. The Kier molecular flexibility index (Phi) is 25.8. The van der Waals surface area contributed by atoms with Crippen LogP contribution in [0.3, 0.4) is 0 Å². The van der Waals surface area contributed by atoms with Crippen molar-refractivity contribution in [3.05, 3.63) is 306 Å². The number of rotatable bonds is 22. The number of nitrogens with zero attached hydrogens (tertiary/aromatic N) is 8. The van der Waals surface area contributed by atoms with Gasteiger partial charge in [0.05, 0.1) is 52.7 Å². The van der Waals surface area contributed by atoms with Crippen molar-refractivity contribution in [2.45, 2.75) is 100 Å². The van der Waals surface area contributed by atoms with Gasteiger partial charge in [-0.25, -0.2) is 36.9 Å². The average Bonchev–Trinajstić information content (AvgIpc) is 1.75. The third kappa shape index (κ3) is 18.0. The lowest BCUT2D eigenvalue weighted by Crippen LogP contribution is -2.30. The van der Waals surface area contributed by atoms with E-state index < -0.39 is 22.4 Å². The highest BCUT2D eigenvalue weighted by Crippen LogP contribution is 2.49. The molecule has 2 N–H and O–H groups in total. The summed E-state index contributed by atoms with van der Waals surface area (Å²) in [6.45, 7) is 33.5. The molecule has 504 valence electrons. The molecule has 8 aromatic rings. The van der Waals surface area contributed by atoms with E-state index in [4.69, 9.17) is 40.5 Å². The lowest BCUT2D eigenvalue weighted by Gasteiger charge is -2.32. The molecule has 3 aliphatic heterocycles. The minimum absolute atomic E-state index is 0.247. The molecule has 0 fully saturated rings. The van der Waals surface area contributed by atoms with E-state index in [9.17, 15) is 27.8 Å². The number of fused-ring (bicyclic) bond motifs is 3. The fourth-order valence-corrected chi connectivity index (χ4v) is 13.2. The molecule has 0 saturated carbocycles. The Hall–Kier alpha value is -8.92. The highest BCUT2D eigenvalue weighted by Gasteiger charge is 2.44. The molecule has 3 aliphatic rings. The Balaban J connectivity index is 0.000000165. The zero-order chi connectivity index (χ0) is 69.9. The molecule has 3 heterocycles. The lowest BCUT2D eigenvalue weighted by atomic mass is 9.80. The molecule has 0 bridgehead atoms. The first-order valence-electron chi connectivity index (χ1n) is 32.5. The summed E-state index contributed by atoms with van der Waals surface area (Å²) in [5, 5.41) is 21.2. The first-order valence-corrected chi connectivity index (χ1v) is 32.5. The minimum atomic E-state index is -1.36. The average molecular weight is 1320 g/mol. The van der Waals surface area contributed by atoms with E-state index in [1.807, 2.05) is 110 Å². The van der Waals surface area contributed by atoms with Crippen molar-refractivity contribution in [3.8, 4) is 0 Å². The zero-order valence-electron chi connectivity index (χ0n) is 56.7. The van der Waals surface area contributed by atoms with Crippen LogP contribution >= 0.6 is 0 Å². The minimum Gasteiger partial charge on any atom is -0.392 e. The largest absolute Gasteiger partial charge is 0.392 e. The van der Waals surface area contributed by atoms with Crippen LogP contribution in [0.25, 0.3) is 19.4 Å². The van der Waals surface area contributed by atoms with Crippen LogP contribution in [0.2, 0.25) is 0 Å². The Morgan fingerprint density at radius 1 is 0.402 bits per heavy atom. The summed E-state index contributed by atoms with van der Waals surface area (Å²) in [5.41, 5.74) is 10.2. The van der Waals surface area contributed by atoms with Gasteiger partial charge < -0.3 is 44.0 Å². The fraction of sp³-hybridized carbons (Fsp3) is 0.350. The molecule has 0 saturated heterocycles. The van der Waals surface area contributed by atoms with Gasteiger partial charge in [0, 0.05) is 0 Å². The van der Waals surface area contributed by atoms with Crippen molar-refractivity contribution in [1.29, 1.82) is 0 Å². The molecule has 8 aromatic carbocycles. The number of aliphatic hydroxyl groups excluding tert-OH is 1. The first kappa shape index (κ1) is 73.9. The quantitative estimate of drug-likeness (QED) is 0.0508. The van der Waals surface area contributed by atoms with E-state index in [1.54, 1.807) is 30.3 Å². The fourth-order valence-electron chi connectivity index (χ4n) is 13.2. The van der Waals surface area contributed by atoms with Gasteiger partial charge in [-0.1, -0.05) is 121 Å². The monoisotopic (exact) mass is 1310 g/mol. The summed E-state index contributed by atoms with van der Waals surface area (Å²) >= 11 is 0. The third-order valence-corrected chi connectivity index (χ3v) is 18.0. The van der Waals surface area contributed by atoms with E-state index in [1.165, 1.54) is 48.5 Å². The van der Waals surface area contributed by atoms with Crippen LogP contribution in [0.4, 0.5) is 40.3 Å². The van der Waals surface area contributed by atoms with Gasteiger partial charge in [0.2, 0.25) is 0 Å². The van der Waals surface area contributed by atoms with E-state index in [0.717, 1.165) is 121 Å². The Morgan fingerprint density at radius 3 is 0.990 bits per heavy atom. The molecule has 0 unspecified atom stereocenters. The SMILES string of the molecule is [C-]#[N+]c1ccc([C@@](O)(CCCN(C)C)c2ccc(F)cc2)c(CO)c1.[C-]#[N+]c1ccc2c(c1)CO[C@@]2(CCCN(C)C)c1ccc(F)cc1.[C-]#[N+]c1ccc2c(c1)CO[C@]2(CCCN(C)C)c1ccc(F)cc1.[C-]#[N+]c1ccc2c(c1)CO[C@]2(CCCN(C)C)c1ccc(F)cc1. The highest BCUT2D eigenvalue weighted by atomic mass is 19.1. The molecule has 13 nitrogen and oxygen atoms in total. The van der Waals surface area contributed by atoms with E-state index >= 15 is 0 Å². The van der Waals surface area contributed by atoms with Gasteiger partial charge >= 0.3 is 0 Å². The summed E-state index contributed by atoms with van der Waals surface area (Å²) < 4.78 is 72.3. The van der Waals surface area contributed by atoms with Crippen LogP contribution < -0.4 is 0 Å². The first-order chi connectivity index (χ1) is 46.5. The smallest absolute Gasteiger partial charge is 0.187 e. The number of hydrogen-bond donors (Lipinski definition) is 2. The normalized spacial score (nSPS) is 17.8. The van der Waals surface area contributed by atoms with Gasteiger partial charge in [-0.05, 0) is 249 Å². The molecular formula is C80H86F4N8O5. The van der Waals surface area contributed by atoms with Crippen molar-refractivity contribution < 1.29 is 42.0 Å². The molecule has 0 radical (unpaired) electrons. The van der Waals surface area contributed by atoms with Gasteiger partial charge in [-0.3, -0.25) is 0 Å². The summed E-state index contributed by atoms with van der Waals surface area (Å²) in [6, 6.07) is 47.6. The maximum Gasteiger partial charge on any atom is 0.187 e. The van der Waals surface area contributed by atoms with Gasteiger partial charge in [-0.2, -0.15) is 0 Å². The number of hydrogen-bond acceptors (Lipinski definition) is 9. The van der Waals surface area contributed by atoms with Crippen LogP contribution in [0.5, 0.6) is 0 Å². The molecule has 11 rings (SSSR count). The maximum absolute atomic E-state index is 13.4.